The summed E-state index contributed by atoms with van der Waals surface area (Å²) in [5.74, 6) is -0.686. The van der Waals surface area contributed by atoms with Gasteiger partial charge in [-0.2, -0.15) is 0 Å². The molecule has 3 rings (SSSR count). The van der Waals surface area contributed by atoms with Crippen LogP contribution in [-0.2, 0) is 17.1 Å². The van der Waals surface area contributed by atoms with E-state index < -0.39 is 15.8 Å². The molecule has 0 aliphatic carbocycles. The monoisotopic (exact) mass is 346 g/mol. The maximum absolute atomic E-state index is 12.8. The Bertz CT molecular complexity index is 1040. The fourth-order valence-corrected chi connectivity index (χ4v) is 3.93. The number of aromatic nitrogens is 1. The predicted octanol–water partition coefficient (Wildman–Crippen LogP) is 2.72. The van der Waals surface area contributed by atoms with Crippen molar-refractivity contribution in [1.82, 2.24) is 4.57 Å². The van der Waals surface area contributed by atoms with Crippen molar-refractivity contribution in [3.63, 3.8) is 0 Å². The van der Waals surface area contributed by atoms with Crippen LogP contribution in [-0.4, -0.2) is 30.2 Å². The molecule has 0 bridgehead atoms. The zero-order chi connectivity index (χ0) is 17.6. The molecule has 0 saturated heterocycles. The molecule has 0 amide bonds. The predicted molar refractivity (Wildman–Crippen MR) is 93.0 cm³/mol. The summed E-state index contributed by atoms with van der Waals surface area (Å²) in [6.45, 7) is 1.98. The highest BCUT2D eigenvalue weighted by atomic mass is 32.2. The van der Waals surface area contributed by atoms with E-state index in [0.717, 1.165) is 27.0 Å². The van der Waals surface area contributed by atoms with E-state index in [1.165, 1.54) is 19.2 Å². The molecule has 0 spiro atoms. The van der Waals surface area contributed by atoms with Crippen LogP contribution >= 0.6 is 0 Å². The number of aryl methyl sites for hydroxylation is 2. The van der Waals surface area contributed by atoms with Gasteiger partial charge in [0.25, 0.3) is 10.0 Å². The highest BCUT2D eigenvalue weighted by Gasteiger charge is 2.25. The Balaban J connectivity index is 2.08. The zero-order valence-corrected chi connectivity index (χ0v) is 14.4. The van der Waals surface area contributed by atoms with Crippen molar-refractivity contribution in [3.05, 3.63) is 48.2 Å². The summed E-state index contributed by atoms with van der Waals surface area (Å²) >= 11 is 0. The number of fused-ring (bicyclic) bond motifs is 1. The van der Waals surface area contributed by atoms with Gasteiger partial charge in [-0.15, -0.1) is 0 Å². The highest BCUT2D eigenvalue weighted by molar-refractivity contribution is 7.92. The fourth-order valence-electron chi connectivity index (χ4n) is 2.68. The van der Waals surface area contributed by atoms with Gasteiger partial charge in [0.05, 0.1) is 5.69 Å². The van der Waals surface area contributed by atoms with E-state index in [0.29, 0.717) is 5.69 Å². The highest BCUT2D eigenvalue weighted by Crippen LogP contribution is 2.32. The minimum Gasteiger partial charge on any atom is -0.508 e. The Labute approximate surface area is 140 Å². The third kappa shape index (κ3) is 2.46. The molecule has 1 heterocycles. The number of sulfonamides is 1. The lowest BCUT2D eigenvalue weighted by molar-refractivity contribution is 0.439. The number of benzene rings is 2. The Morgan fingerprint density at radius 2 is 1.75 bits per heavy atom. The lowest BCUT2D eigenvalue weighted by Gasteiger charge is -2.20. The third-order valence-electron chi connectivity index (χ3n) is 4.21. The Morgan fingerprint density at radius 3 is 2.42 bits per heavy atom. The van der Waals surface area contributed by atoms with Crippen LogP contribution in [0, 0.1) is 6.92 Å². The van der Waals surface area contributed by atoms with Gasteiger partial charge in [0.15, 0.2) is 0 Å². The number of aromatic hydroxyl groups is 2. The molecular weight excluding hydrogens is 328 g/mol. The molecular formula is C17H18N2O4S. The van der Waals surface area contributed by atoms with Crippen molar-refractivity contribution in [3.8, 4) is 11.5 Å². The van der Waals surface area contributed by atoms with Crippen LogP contribution in [0.2, 0.25) is 0 Å². The van der Waals surface area contributed by atoms with Crippen molar-refractivity contribution >= 4 is 26.6 Å². The zero-order valence-electron chi connectivity index (χ0n) is 13.6. The standard InChI is InChI=1S/C17H18N2O4S/c1-11-8-12-9-13(4-6-15(12)18(11)2)19(3)24(22,23)17-7-5-14(20)10-16(17)21/h4-10,20-21H,1-3H3. The molecule has 2 N–H and O–H groups in total. The normalized spacial score (nSPS) is 11.8. The van der Waals surface area contributed by atoms with Gasteiger partial charge in [0.2, 0.25) is 0 Å². The number of rotatable bonds is 3. The summed E-state index contributed by atoms with van der Waals surface area (Å²) < 4.78 is 28.6. The van der Waals surface area contributed by atoms with Gasteiger partial charge in [0.1, 0.15) is 16.4 Å². The quantitative estimate of drug-likeness (QED) is 0.764. The molecule has 0 unspecified atom stereocenters. The van der Waals surface area contributed by atoms with Crippen LogP contribution in [0.25, 0.3) is 10.9 Å². The fraction of sp³-hybridized carbons (Fsp3) is 0.176. The largest absolute Gasteiger partial charge is 0.508 e. The van der Waals surface area contributed by atoms with Gasteiger partial charge in [0, 0.05) is 36.8 Å². The van der Waals surface area contributed by atoms with E-state index >= 15 is 0 Å². The summed E-state index contributed by atoms with van der Waals surface area (Å²) in [5, 5.41) is 20.1. The lowest BCUT2D eigenvalue weighted by atomic mass is 10.2. The first-order valence-electron chi connectivity index (χ1n) is 7.29. The van der Waals surface area contributed by atoms with Crippen molar-refractivity contribution < 1.29 is 18.6 Å². The maximum Gasteiger partial charge on any atom is 0.267 e. The summed E-state index contributed by atoms with van der Waals surface area (Å²) in [5.41, 5.74) is 2.57. The number of hydrogen-bond donors (Lipinski definition) is 2. The number of nitrogens with zero attached hydrogens (tertiary/aromatic N) is 2. The number of anilines is 1. The molecule has 0 aliphatic heterocycles. The molecule has 2 aromatic carbocycles. The van der Waals surface area contributed by atoms with Crippen molar-refractivity contribution in [2.45, 2.75) is 11.8 Å². The molecule has 24 heavy (non-hydrogen) atoms. The molecule has 6 nitrogen and oxygen atoms in total. The molecule has 0 aliphatic rings. The minimum atomic E-state index is -3.95. The summed E-state index contributed by atoms with van der Waals surface area (Å²) in [6.07, 6.45) is 0. The summed E-state index contributed by atoms with van der Waals surface area (Å²) in [6, 6.07) is 10.8. The first-order chi connectivity index (χ1) is 11.2. The number of hydrogen-bond acceptors (Lipinski definition) is 4. The molecule has 7 heteroatoms. The van der Waals surface area contributed by atoms with E-state index in [4.69, 9.17) is 0 Å². The molecule has 0 fully saturated rings. The second-order valence-electron chi connectivity index (χ2n) is 5.71. The van der Waals surface area contributed by atoms with Gasteiger partial charge in [-0.05, 0) is 43.3 Å². The van der Waals surface area contributed by atoms with Crippen LogP contribution in [0.3, 0.4) is 0 Å². The average Bonchev–Trinajstić information content (AvgIpc) is 2.80. The Hall–Kier alpha value is -2.67. The van der Waals surface area contributed by atoms with Crippen LogP contribution in [0.15, 0.2) is 47.4 Å². The summed E-state index contributed by atoms with van der Waals surface area (Å²) in [4.78, 5) is -0.257. The average molecular weight is 346 g/mol. The van der Waals surface area contributed by atoms with Gasteiger partial charge >= 0.3 is 0 Å². The summed E-state index contributed by atoms with van der Waals surface area (Å²) in [7, 11) is -0.566. The van der Waals surface area contributed by atoms with Gasteiger partial charge in [-0.3, -0.25) is 4.31 Å². The van der Waals surface area contributed by atoms with E-state index in [1.54, 1.807) is 12.1 Å². The van der Waals surface area contributed by atoms with E-state index in [-0.39, 0.29) is 10.6 Å². The van der Waals surface area contributed by atoms with E-state index in [9.17, 15) is 18.6 Å². The second-order valence-corrected chi connectivity index (χ2v) is 7.65. The molecule has 1 aromatic heterocycles. The van der Waals surface area contributed by atoms with Crippen molar-refractivity contribution in [1.29, 1.82) is 0 Å². The second kappa shape index (κ2) is 5.45. The Kier molecular flexibility index (Phi) is 3.68. The van der Waals surface area contributed by atoms with Crippen LogP contribution in [0.1, 0.15) is 5.69 Å². The first-order valence-corrected chi connectivity index (χ1v) is 8.73. The third-order valence-corrected chi connectivity index (χ3v) is 6.04. The number of phenolic OH excluding ortho intramolecular Hbond substituents is 2. The first kappa shape index (κ1) is 16.2. The molecule has 0 radical (unpaired) electrons. The molecule has 126 valence electrons. The molecule has 0 saturated carbocycles. The molecule has 0 atom stereocenters. The van der Waals surface area contributed by atoms with Crippen LogP contribution in [0.5, 0.6) is 11.5 Å². The van der Waals surface area contributed by atoms with Gasteiger partial charge in [-0.1, -0.05) is 0 Å². The van der Waals surface area contributed by atoms with Crippen molar-refractivity contribution in [2.24, 2.45) is 7.05 Å². The SMILES string of the molecule is Cc1cc2cc(N(C)S(=O)(=O)c3ccc(O)cc3O)ccc2n1C. The van der Waals surface area contributed by atoms with Crippen LogP contribution in [0.4, 0.5) is 5.69 Å². The number of phenols is 2. The smallest absolute Gasteiger partial charge is 0.267 e. The minimum absolute atomic E-state index is 0.199. The lowest BCUT2D eigenvalue weighted by Crippen LogP contribution is -2.26. The van der Waals surface area contributed by atoms with E-state index in [2.05, 4.69) is 0 Å². The van der Waals surface area contributed by atoms with Crippen molar-refractivity contribution in [2.75, 3.05) is 11.4 Å². The maximum atomic E-state index is 12.8. The molecule has 3 aromatic rings. The topological polar surface area (TPSA) is 82.8 Å². The van der Waals surface area contributed by atoms with Crippen LogP contribution < -0.4 is 4.31 Å². The van der Waals surface area contributed by atoms with E-state index in [1.807, 2.05) is 30.7 Å². The Morgan fingerprint density at radius 1 is 1.04 bits per heavy atom. The van der Waals surface area contributed by atoms with Gasteiger partial charge in [-0.25, -0.2) is 8.42 Å². The van der Waals surface area contributed by atoms with Gasteiger partial charge < -0.3 is 14.8 Å².